The molecule has 1 fully saturated rings. The topological polar surface area (TPSA) is 78.7 Å². The molecule has 1 aliphatic rings. The summed E-state index contributed by atoms with van der Waals surface area (Å²) in [6.45, 7) is 9.00. The Morgan fingerprint density at radius 1 is 1.11 bits per heavy atom. The molecule has 0 aliphatic carbocycles. The molecule has 3 aromatic heterocycles. The van der Waals surface area contributed by atoms with E-state index >= 15 is 0 Å². The molecule has 4 heterocycles. The largest absolute Gasteiger partial charge is 0.379 e. The quantitative estimate of drug-likeness (QED) is 0.638. The Hall–Kier alpha value is -2.39. The normalized spacial score (nSPS) is 16.0. The van der Waals surface area contributed by atoms with Crippen LogP contribution in [-0.4, -0.2) is 60.8 Å². The van der Waals surface area contributed by atoms with Gasteiger partial charge in [0.2, 0.25) is 5.78 Å². The highest BCUT2D eigenvalue weighted by Gasteiger charge is 2.20. The fourth-order valence-corrected chi connectivity index (χ4v) is 3.82. The van der Waals surface area contributed by atoms with E-state index in [1.807, 2.05) is 17.5 Å². The second-order valence-electron chi connectivity index (χ2n) is 7.13. The summed E-state index contributed by atoms with van der Waals surface area (Å²) in [5.74, 6) is 0.711. The summed E-state index contributed by atoms with van der Waals surface area (Å²) in [6, 6.07) is 0. The van der Waals surface area contributed by atoms with Crippen LogP contribution in [0.15, 0.2) is 15.8 Å². The highest BCUT2D eigenvalue weighted by atomic mass is 16.5. The van der Waals surface area contributed by atoms with Crippen LogP contribution in [0.3, 0.4) is 0 Å². The predicted octanol–water partition coefficient (Wildman–Crippen LogP) is 0.200. The highest BCUT2D eigenvalue weighted by molar-refractivity contribution is 5.75. The van der Waals surface area contributed by atoms with Gasteiger partial charge in [-0.2, -0.15) is 4.98 Å². The minimum absolute atomic E-state index is 0.275. The van der Waals surface area contributed by atoms with E-state index in [1.54, 1.807) is 7.05 Å². The van der Waals surface area contributed by atoms with Crippen LogP contribution in [0.2, 0.25) is 0 Å². The third-order valence-electron chi connectivity index (χ3n) is 5.33. The molecule has 1 saturated heterocycles. The number of aromatic nitrogens is 5. The Morgan fingerprint density at radius 2 is 1.85 bits per heavy atom. The van der Waals surface area contributed by atoms with Gasteiger partial charge >= 0.3 is 5.69 Å². The third kappa shape index (κ3) is 2.90. The molecule has 0 atom stereocenters. The SMILES string of the molecule is CCCn1c(C)cn2c3c(=O)n(CCN4CCOCC4)c(=O)n(C)c3nc12. The second-order valence-corrected chi connectivity index (χ2v) is 7.13. The van der Waals surface area contributed by atoms with Gasteiger partial charge in [-0.25, -0.2) is 4.79 Å². The number of aryl methyl sites for hydroxylation is 3. The molecule has 0 amide bonds. The maximum absolute atomic E-state index is 13.2. The molecule has 9 nitrogen and oxygen atoms in total. The summed E-state index contributed by atoms with van der Waals surface area (Å²) in [4.78, 5) is 32.8. The summed E-state index contributed by atoms with van der Waals surface area (Å²) in [7, 11) is 1.68. The summed E-state index contributed by atoms with van der Waals surface area (Å²) in [5, 5.41) is 0. The van der Waals surface area contributed by atoms with Crippen molar-refractivity contribution in [2.75, 3.05) is 32.8 Å². The van der Waals surface area contributed by atoms with Gasteiger partial charge in [-0.3, -0.25) is 23.2 Å². The number of hydrogen-bond acceptors (Lipinski definition) is 5. The maximum Gasteiger partial charge on any atom is 0.332 e. The Labute approximate surface area is 156 Å². The first kappa shape index (κ1) is 18.0. The van der Waals surface area contributed by atoms with Crippen molar-refractivity contribution in [3.05, 3.63) is 32.7 Å². The number of rotatable bonds is 5. The van der Waals surface area contributed by atoms with Gasteiger partial charge in [-0.1, -0.05) is 6.92 Å². The van der Waals surface area contributed by atoms with E-state index in [0.29, 0.717) is 43.2 Å². The lowest BCUT2D eigenvalue weighted by atomic mass is 10.4. The molecule has 9 heteroatoms. The highest BCUT2D eigenvalue weighted by Crippen LogP contribution is 2.16. The molecule has 0 saturated carbocycles. The van der Waals surface area contributed by atoms with Crippen LogP contribution in [0.1, 0.15) is 19.0 Å². The fourth-order valence-electron chi connectivity index (χ4n) is 3.82. The van der Waals surface area contributed by atoms with E-state index in [0.717, 1.165) is 31.7 Å². The van der Waals surface area contributed by atoms with Gasteiger partial charge in [0.25, 0.3) is 5.56 Å². The molecule has 3 aromatic rings. The van der Waals surface area contributed by atoms with Gasteiger partial charge in [0, 0.05) is 51.7 Å². The van der Waals surface area contributed by atoms with E-state index in [4.69, 9.17) is 4.74 Å². The minimum Gasteiger partial charge on any atom is -0.379 e. The first-order valence-corrected chi connectivity index (χ1v) is 9.50. The van der Waals surface area contributed by atoms with Crippen molar-refractivity contribution in [3.63, 3.8) is 0 Å². The number of nitrogens with zero attached hydrogens (tertiary/aromatic N) is 6. The molecule has 1 aliphatic heterocycles. The lowest BCUT2D eigenvalue weighted by Gasteiger charge is -2.26. The van der Waals surface area contributed by atoms with Gasteiger partial charge < -0.3 is 9.30 Å². The van der Waals surface area contributed by atoms with E-state index < -0.39 is 0 Å². The van der Waals surface area contributed by atoms with Gasteiger partial charge in [0.1, 0.15) is 0 Å². The number of morpholine rings is 1. The Balaban J connectivity index is 1.83. The second kappa shape index (κ2) is 6.97. The number of ether oxygens (including phenoxy) is 1. The van der Waals surface area contributed by atoms with Crippen molar-refractivity contribution in [1.29, 1.82) is 0 Å². The molecule has 0 bridgehead atoms. The van der Waals surface area contributed by atoms with E-state index in [1.165, 1.54) is 9.13 Å². The van der Waals surface area contributed by atoms with Crippen LogP contribution < -0.4 is 11.2 Å². The predicted molar refractivity (Wildman–Crippen MR) is 102 cm³/mol. The zero-order chi connectivity index (χ0) is 19.1. The van der Waals surface area contributed by atoms with Crippen molar-refractivity contribution < 1.29 is 4.74 Å². The molecule has 0 N–H and O–H groups in total. The number of imidazole rings is 2. The van der Waals surface area contributed by atoms with Crippen LogP contribution in [0.25, 0.3) is 16.9 Å². The van der Waals surface area contributed by atoms with Crippen molar-refractivity contribution in [2.24, 2.45) is 7.05 Å². The van der Waals surface area contributed by atoms with E-state index in [9.17, 15) is 9.59 Å². The Morgan fingerprint density at radius 3 is 2.56 bits per heavy atom. The molecule has 146 valence electrons. The van der Waals surface area contributed by atoms with E-state index in [2.05, 4.69) is 21.4 Å². The zero-order valence-corrected chi connectivity index (χ0v) is 16.1. The molecular formula is C18H26N6O3. The molecule has 0 radical (unpaired) electrons. The monoisotopic (exact) mass is 374 g/mol. The zero-order valence-electron chi connectivity index (χ0n) is 16.1. The number of fused-ring (bicyclic) bond motifs is 3. The number of hydrogen-bond donors (Lipinski definition) is 0. The van der Waals surface area contributed by atoms with Crippen LogP contribution in [-0.2, 0) is 24.9 Å². The molecule has 0 aromatic carbocycles. The van der Waals surface area contributed by atoms with Crippen molar-refractivity contribution in [1.82, 2.24) is 28.0 Å². The molecule has 27 heavy (non-hydrogen) atoms. The molecule has 4 rings (SSSR count). The van der Waals surface area contributed by atoms with E-state index in [-0.39, 0.29) is 11.2 Å². The lowest BCUT2D eigenvalue weighted by molar-refractivity contribution is 0.0361. The van der Waals surface area contributed by atoms with Crippen molar-refractivity contribution >= 4 is 16.9 Å². The van der Waals surface area contributed by atoms with Crippen LogP contribution in [0, 0.1) is 6.92 Å². The first-order valence-electron chi connectivity index (χ1n) is 9.50. The molecular weight excluding hydrogens is 348 g/mol. The summed E-state index contributed by atoms with van der Waals surface area (Å²) in [5.41, 5.74) is 1.36. The Kier molecular flexibility index (Phi) is 4.65. The van der Waals surface area contributed by atoms with Gasteiger partial charge in [0.15, 0.2) is 11.2 Å². The lowest BCUT2D eigenvalue weighted by Crippen LogP contribution is -2.44. The first-order chi connectivity index (χ1) is 13.0. The van der Waals surface area contributed by atoms with Crippen LogP contribution in [0.4, 0.5) is 0 Å². The standard InChI is InChI=1S/C18H26N6O3/c1-4-5-22-13(2)12-24-14-15(19-17(22)24)20(3)18(26)23(16(14)25)7-6-21-8-10-27-11-9-21/h12H,4-11H2,1-3H3. The molecule has 0 unspecified atom stereocenters. The van der Waals surface area contributed by atoms with Crippen LogP contribution >= 0.6 is 0 Å². The van der Waals surface area contributed by atoms with Crippen molar-refractivity contribution in [3.8, 4) is 0 Å². The smallest absolute Gasteiger partial charge is 0.332 e. The minimum atomic E-state index is -0.319. The third-order valence-corrected chi connectivity index (χ3v) is 5.33. The van der Waals surface area contributed by atoms with Crippen molar-refractivity contribution in [2.45, 2.75) is 33.4 Å². The average molecular weight is 374 g/mol. The average Bonchev–Trinajstić information content (AvgIpc) is 3.17. The maximum atomic E-state index is 13.2. The molecule has 0 spiro atoms. The van der Waals surface area contributed by atoms with Gasteiger partial charge in [-0.15, -0.1) is 0 Å². The van der Waals surface area contributed by atoms with Gasteiger partial charge in [-0.05, 0) is 13.3 Å². The summed E-state index contributed by atoms with van der Waals surface area (Å²) >= 11 is 0. The van der Waals surface area contributed by atoms with Crippen LogP contribution in [0.5, 0.6) is 0 Å². The fraction of sp³-hybridized carbons (Fsp3) is 0.611. The Bertz CT molecular complexity index is 1100. The summed E-state index contributed by atoms with van der Waals surface area (Å²) < 4.78 is 12.1. The summed E-state index contributed by atoms with van der Waals surface area (Å²) in [6.07, 6.45) is 2.90. The van der Waals surface area contributed by atoms with Gasteiger partial charge in [0.05, 0.1) is 13.2 Å².